The lowest BCUT2D eigenvalue weighted by atomic mass is 9.93. The number of rotatable bonds is 4. The SMILES string of the molecule is CCc1nc(CON=C2CCN(C(=O)C(C)(C)C)CC2)cs1. The highest BCUT2D eigenvalue weighted by molar-refractivity contribution is 7.09. The predicted octanol–water partition coefficient (Wildman–Crippen LogP) is 3.25. The topological polar surface area (TPSA) is 54.8 Å². The summed E-state index contributed by atoms with van der Waals surface area (Å²) in [6.45, 7) is 9.85. The first-order valence-electron chi connectivity index (χ1n) is 7.80. The second kappa shape index (κ2) is 7.22. The van der Waals surface area contributed by atoms with Crippen molar-refractivity contribution in [2.45, 2.75) is 53.6 Å². The Morgan fingerprint density at radius 1 is 1.41 bits per heavy atom. The molecule has 0 spiro atoms. The zero-order valence-electron chi connectivity index (χ0n) is 13.9. The minimum Gasteiger partial charge on any atom is -0.389 e. The van der Waals surface area contributed by atoms with Gasteiger partial charge in [0.05, 0.1) is 16.4 Å². The Labute approximate surface area is 136 Å². The summed E-state index contributed by atoms with van der Waals surface area (Å²) in [5.41, 5.74) is 1.66. The van der Waals surface area contributed by atoms with Crippen molar-refractivity contribution >= 4 is 23.0 Å². The standard InChI is InChI=1S/C16H25N3O2S/c1-5-14-17-13(11-22-14)10-21-18-12-6-8-19(9-7-12)15(20)16(2,3)4/h11H,5-10H2,1-4H3. The van der Waals surface area contributed by atoms with E-state index in [9.17, 15) is 4.79 Å². The summed E-state index contributed by atoms with van der Waals surface area (Å²) in [6.07, 6.45) is 2.54. The minimum absolute atomic E-state index is 0.210. The molecule has 2 heterocycles. The second-order valence-corrected chi connectivity index (χ2v) is 7.50. The van der Waals surface area contributed by atoms with Gasteiger partial charge in [0.1, 0.15) is 0 Å². The van der Waals surface area contributed by atoms with E-state index in [1.54, 1.807) is 11.3 Å². The molecule has 0 saturated carbocycles. The van der Waals surface area contributed by atoms with Gasteiger partial charge in [-0.3, -0.25) is 4.79 Å². The van der Waals surface area contributed by atoms with Crippen LogP contribution in [0.25, 0.3) is 0 Å². The van der Waals surface area contributed by atoms with Crippen LogP contribution in [0.1, 0.15) is 51.2 Å². The summed E-state index contributed by atoms with van der Waals surface area (Å²) >= 11 is 1.66. The molecule has 1 aliphatic heterocycles. The van der Waals surface area contributed by atoms with Gasteiger partial charge in [-0.05, 0) is 6.42 Å². The molecule has 0 unspecified atom stereocenters. The van der Waals surface area contributed by atoms with E-state index in [0.29, 0.717) is 6.61 Å². The van der Waals surface area contributed by atoms with E-state index in [1.165, 1.54) is 0 Å². The number of piperidine rings is 1. The van der Waals surface area contributed by atoms with Gasteiger partial charge in [0.15, 0.2) is 6.61 Å². The van der Waals surface area contributed by atoms with E-state index in [0.717, 1.165) is 48.8 Å². The van der Waals surface area contributed by atoms with Crippen molar-refractivity contribution in [3.8, 4) is 0 Å². The Balaban J connectivity index is 1.78. The molecule has 0 aromatic carbocycles. The van der Waals surface area contributed by atoms with Crippen LogP contribution in [0.4, 0.5) is 0 Å². The van der Waals surface area contributed by atoms with Gasteiger partial charge in [0.25, 0.3) is 0 Å². The molecule has 0 aliphatic carbocycles. The molecule has 0 N–H and O–H groups in total. The smallest absolute Gasteiger partial charge is 0.227 e. The molecule has 122 valence electrons. The Bertz CT molecular complexity index is 536. The summed E-state index contributed by atoms with van der Waals surface area (Å²) in [6, 6.07) is 0. The Morgan fingerprint density at radius 2 is 2.09 bits per heavy atom. The summed E-state index contributed by atoms with van der Waals surface area (Å²) in [4.78, 5) is 24.0. The van der Waals surface area contributed by atoms with Gasteiger partial charge in [-0.25, -0.2) is 4.98 Å². The van der Waals surface area contributed by atoms with Crippen molar-refractivity contribution in [2.24, 2.45) is 10.6 Å². The van der Waals surface area contributed by atoms with Gasteiger partial charge >= 0.3 is 0 Å². The highest BCUT2D eigenvalue weighted by atomic mass is 32.1. The van der Waals surface area contributed by atoms with E-state index in [4.69, 9.17) is 4.84 Å². The van der Waals surface area contributed by atoms with Gasteiger partial charge in [0, 0.05) is 36.7 Å². The summed E-state index contributed by atoms with van der Waals surface area (Å²) < 4.78 is 0. The monoisotopic (exact) mass is 323 g/mol. The fraction of sp³-hybridized carbons (Fsp3) is 0.688. The number of hydrogen-bond acceptors (Lipinski definition) is 5. The molecule has 0 bridgehead atoms. The molecule has 0 atom stereocenters. The van der Waals surface area contributed by atoms with Crippen LogP contribution in [-0.2, 0) is 22.7 Å². The zero-order chi connectivity index (χ0) is 16.2. The number of amides is 1. The fourth-order valence-electron chi connectivity index (χ4n) is 2.30. The van der Waals surface area contributed by atoms with Crippen molar-refractivity contribution < 1.29 is 9.63 Å². The Morgan fingerprint density at radius 3 is 2.64 bits per heavy atom. The minimum atomic E-state index is -0.313. The van der Waals surface area contributed by atoms with Crippen LogP contribution in [0.3, 0.4) is 0 Å². The maximum atomic E-state index is 12.2. The number of aryl methyl sites for hydroxylation is 1. The van der Waals surface area contributed by atoms with Crippen LogP contribution in [0.5, 0.6) is 0 Å². The van der Waals surface area contributed by atoms with Gasteiger partial charge < -0.3 is 9.74 Å². The third kappa shape index (κ3) is 4.53. The largest absolute Gasteiger partial charge is 0.389 e. The molecular formula is C16H25N3O2S. The third-order valence-corrected chi connectivity index (χ3v) is 4.62. The number of carbonyl (C=O) groups is 1. The number of thiazole rings is 1. The number of nitrogens with zero attached hydrogens (tertiary/aromatic N) is 3. The highest BCUT2D eigenvalue weighted by Crippen LogP contribution is 2.20. The van der Waals surface area contributed by atoms with Crippen molar-refractivity contribution in [3.05, 3.63) is 16.1 Å². The van der Waals surface area contributed by atoms with Gasteiger partial charge in [-0.1, -0.05) is 32.9 Å². The molecule has 1 fully saturated rings. The average Bonchev–Trinajstić information content (AvgIpc) is 2.94. The van der Waals surface area contributed by atoms with E-state index in [-0.39, 0.29) is 11.3 Å². The number of hydrogen-bond donors (Lipinski definition) is 0. The molecule has 6 heteroatoms. The average molecular weight is 323 g/mol. The number of aromatic nitrogens is 1. The molecule has 1 aliphatic rings. The summed E-state index contributed by atoms with van der Waals surface area (Å²) in [5, 5.41) is 7.36. The third-order valence-electron chi connectivity index (χ3n) is 3.58. The van der Waals surface area contributed by atoms with Crippen LogP contribution < -0.4 is 0 Å². The van der Waals surface area contributed by atoms with Gasteiger partial charge in [-0.15, -0.1) is 11.3 Å². The van der Waals surface area contributed by atoms with Crippen LogP contribution in [0, 0.1) is 5.41 Å². The Kier molecular flexibility index (Phi) is 5.56. The number of carbonyl (C=O) groups excluding carboxylic acids is 1. The normalized spacial score (nSPS) is 15.8. The van der Waals surface area contributed by atoms with Crippen LogP contribution >= 0.6 is 11.3 Å². The molecule has 22 heavy (non-hydrogen) atoms. The van der Waals surface area contributed by atoms with Gasteiger partial charge in [-0.2, -0.15) is 0 Å². The van der Waals surface area contributed by atoms with E-state index >= 15 is 0 Å². The second-order valence-electron chi connectivity index (χ2n) is 6.56. The summed E-state index contributed by atoms with van der Waals surface area (Å²) in [5.74, 6) is 0.210. The molecule has 1 aromatic heterocycles. The number of oxime groups is 1. The quantitative estimate of drug-likeness (QED) is 0.799. The number of likely N-dealkylation sites (tertiary alicyclic amines) is 1. The van der Waals surface area contributed by atoms with Crippen molar-refractivity contribution in [2.75, 3.05) is 13.1 Å². The lowest BCUT2D eigenvalue weighted by Crippen LogP contribution is -2.44. The first-order valence-corrected chi connectivity index (χ1v) is 8.68. The predicted molar refractivity (Wildman–Crippen MR) is 89.0 cm³/mol. The lowest BCUT2D eigenvalue weighted by molar-refractivity contribution is -0.139. The van der Waals surface area contributed by atoms with Crippen LogP contribution in [0.2, 0.25) is 0 Å². The zero-order valence-corrected chi connectivity index (χ0v) is 14.7. The van der Waals surface area contributed by atoms with E-state index < -0.39 is 0 Å². The molecule has 5 nitrogen and oxygen atoms in total. The first kappa shape index (κ1) is 16.9. The van der Waals surface area contributed by atoms with Crippen molar-refractivity contribution in [1.82, 2.24) is 9.88 Å². The Hall–Kier alpha value is -1.43. The van der Waals surface area contributed by atoms with E-state index in [1.807, 2.05) is 31.1 Å². The first-order chi connectivity index (χ1) is 10.4. The molecule has 2 rings (SSSR count). The molecule has 1 amide bonds. The maximum absolute atomic E-state index is 12.2. The van der Waals surface area contributed by atoms with Gasteiger partial charge in [0.2, 0.25) is 5.91 Å². The summed E-state index contributed by atoms with van der Waals surface area (Å²) in [7, 11) is 0. The van der Waals surface area contributed by atoms with Crippen LogP contribution in [0.15, 0.2) is 10.5 Å². The fourth-order valence-corrected chi connectivity index (χ4v) is 3.03. The van der Waals surface area contributed by atoms with Crippen molar-refractivity contribution in [3.63, 3.8) is 0 Å². The molecular weight excluding hydrogens is 298 g/mol. The van der Waals surface area contributed by atoms with Crippen LogP contribution in [-0.4, -0.2) is 34.6 Å². The highest BCUT2D eigenvalue weighted by Gasteiger charge is 2.29. The molecule has 1 aromatic rings. The molecule has 0 radical (unpaired) electrons. The van der Waals surface area contributed by atoms with Crippen molar-refractivity contribution in [1.29, 1.82) is 0 Å². The van der Waals surface area contributed by atoms with E-state index in [2.05, 4.69) is 17.1 Å². The maximum Gasteiger partial charge on any atom is 0.227 e. The lowest BCUT2D eigenvalue weighted by Gasteiger charge is -2.32. The molecule has 1 saturated heterocycles.